The summed E-state index contributed by atoms with van der Waals surface area (Å²) >= 11 is 12.0. The second kappa shape index (κ2) is 5.90. The Morgan fingerprint density at radius 3 is 2.69 bits per heavy atom. The van der Waals surface area contributed by atoms with Crippen LogP contribution in [0.2, 0.25) is 5.02 Å². The summed E-state index contributed by atoms with van der Waals surface area (Å²) in [5.41, 5.74) is 1.35. The number of likely N-dealkylation sites (tertiary alicyclic amines) is 1. The van der Waals surface area contributed by atoms with Gasteiger partial charge in [0, 0.05) is 23.5 Å². The monoisotopic (exact) mass is 257 g/mol. The fraction of sp³-hybridized carbons (Fsp3) is 0.538. The summed E-state index contributed by atoms with van der Waals surface area (Å²) in [6, 6.07) is 8.11. The van der Waals surface area contributed by atoms with Gasteiger partial charge in [-0.25, -0.2) is 0 Å². The van der Waals surface area contributed by atoms with Gasteiger partial charge in [0.2, 0.25) is 0 Å². The summed E-state index contributed by atoms with van der Waals surface area (Å²) in [5, 5.41) is 1.15. The number of hydrogen-bond acceptors (Lipinski definition) is 1. The molecule has 16 heavy (non-hydrogen) atoms. The van der Waals surface area contributed by atoms with Crippen LogP contribution in [0.4, 0.5) is 0 Å². The minimum absolute atomic E-state index is 0.346. The number of hydrogen-bond donors (Lipinski definition) is 0. The lowest BCUT2D eigenvalue weighted by Crippen LogP contribution is -2.37. The van der Waals surface area contributed by atoms with Crippen LogP contribution in [0.5, 0.6) is 0 Å². The maximum Gasteiger partial charge on any atom is 0.0463 e. The number of nitrogens with zero attached hydrogens (tertiary/aromatic N) is 1. The van der Waals surface area contributed by atoms with Crippen molar-refractivity contribution >= 4 is 23.2 Å². The second-order valence-corrected chi connectivity index (χ2v) is 5.47. The van der Waals surface area contributed by atoms with Gasteiger partial charge in [0.05, 0.1) is 0 Å². The Bertz CT molecular complexity index is 323. The molecule has 1 atom stereocenters. The predicted molar refractivity (Wildman–Crippen MR) is 70.5 cm³/mol. The van der Waals surface area contributed by atoms with Crippen LogP contribution < -0.4 is 0 Å². The fourth-order valence-corrected chi connectivity index (χ4v) is 2.62. The Kier molecular flexibility index (Phi) is 4.51. The van der Waals surface area contributed by atoms with Crippen LogP contribution in [0.25, 0.3) is 0 Å². The standard InChI is InChI=1S/C13H17Cl2N/c14-12-5-3-11(4-6-12)7-9-16-8-1-2-13(15)10-16/h3-6,13H,1-2,7-10H2/t13-/m1/s1. The van der Waals surface area contributed by atoms with Crippen molar-refractivity contribution in [3.8, 4) is 0 Å². The fourth-order valence-electron chi connectivity index (χ4n) is 2.14. The molecule has 0 saturated carbocycles. The topological polar surface area (TPSA) is 3.24 Å². The van der Waals surface area contributed by atoms with Crippen LogP contribution in [-0.4, -0.2) is 29.9 Å². The largest absolute Gasteiger partial charge is 0.302 e. The maximum absolute atomic E-state index is 6.15. The molecule has 2 rings (SSSR count). The summed E-state index contributed by atoms with van der Waals surface area (Å²) in [6.45, 7) is 3.33. The van der Waals surface area contributed by atoms with Crippen LogP contribution in [0.1, 0.15) is 18.4 Å². The van der Waals surface area contributed by atoms with Crippen molar-refractivity contribution < 1.29 is 0 Å². The first-order valence-corrected chi connectivity index (χ1v) is 6.66. The third-order valence-electron chi connectivity index (χ3n) is 3.08. The van der Waals surface area contributed by atoms with E-state index in [1.165, 1.54) is 24.9 Å². The van der Waals surface area contributed by atoms with Crippen LogP contribution in [0, 0.1) is 0 Å². The number of piperidine rings is 1. The molecule has 1 aromatic carbocycles. The van der Waals surface area contributed by atoms with E-state index >= 15 is 0 Å². The Hall–Kier alpha value is -0.240. The van der Waals surface area contributed by atoms with E-state index in [4.69, 9.17) is 23.2 Å². The minimum atomic E-state index is 0.346. The predicted octanol–water partition coefficient (Wildman–Crippen LogP) is 3.59. The molecule has 1 aliphatic heterocycles. The number of benzene rings is 1. The van der Waals surface area contributed by atoms with Gasteiger partial charge in [-0.1, -0.05) is 23.7 Å². The summed E-state index contributed by atoms with van der Waals surface area (Å²) in [4.78, 5) is 2.45. The van der Waals surface area contributed by atoms with Gasteiger partial charge in [0.15, 0.2) is 0 Å². The molecule has 88 valence electrons. The van der Waals surface area contributed by atoms with E-state index in [1.54, 1.807) is 0 Å². The Morgan fingerprint density at radius 1 is 1.25 bits per heavy atom. The highest BCUT2D eigenvalue weighted by molar-refractivity contribution is 6.30. The van der Waals surface area contributed by atoms with Gasteiger partial charge in [-0.05, 0) is 43.5 Å². The second-order valence-electron chi connectivity index (χ2n) is 4.42. The van der Waals surface area contributed by atoms with Gasteiger partial charge >= 0.3 is 0 Å². The normalized spacial score (nSPS) is 22.2. The van der Waals surface area contributed by atoms with Crippen molar-refractivity contribution in [2.45, 2.75) is 24.6 Å². The molecule has 0 aromatic heterocycles. The van der Waals surface area contributed by atoms with Gasteiger partial charge in [0.25, 0.3) is 0 Å². The molecule has 0 spiro atoms. The highest BCUT2D eigenvalue weighted by Gasteiger charge is 2.16. The maximum atomic E-state index is 6.15. The molecule has 0 unspecified atom stereocenters. The molecule has 1 aliphatic rings. The van der Waals surface area contributed by atoms with Crippen LogP contribution in [0.15, 0.2) is 24.3 Å². The first kappa shape index (κ1) is 12.2. The van der Waals surface area contributed by atoms with E-state index in [0.717, 1.165) is 24.5 Å². The van der Waals surface area contributed by atoms with Gasteiger partial charge in [-0.2, -0.15) is 0 Å². The molecule has 1 fully saturated rings. The molecule has 0 aliphatic carbocycles. The van der Waals surface area contributed by atoms with E-state index in [1.807, 2.05) is 12.1 Å². The molecular formula is C13H17Cl2N. The van der Waals surface area contributed by atoms with E-state index in [-0.39, 0.29) is 0 Å². The van der Waals surface area contributed by atoms with E-state index in [9.17, 15) is 0 Å². The van der Waals surface area contributed by atoms with Crippen molar-refractivity contribution in [1.82, 2.24) is 4.90 Å². The van der Waals surface area contributed by atoms with Gasteiger partial charge in [0.1, 0.15) is 0 Å². The van der Waals surface area contributed by atoms with Crippen LogP contribution in [0.3, 0.4) is 0 Å². The number of halogens is 2. The zero-order valence-electron chi connectivity index (χ0n) is 9.33. The SMILES string of the molecule is Clc1ccc(CCN2CCC[C@@H](Cl)C2)cc1. The van der Waals surface area contributed by atoms with Gasteiger partial charge in [-0.15, -0.1) is 11.6 Å². The first-order valence-electron chi connectivity index (χ1n) is 5.85. The molecular weight excluding hydrogens is 241 g/mol. The third-order valence-corrected chi connectivity index (χ3v) is 3.69. The highest BCUT2D eigenvalue weighted by Crippen LogP contribution is 2.16. The van der Waals surface area contributed by atoms with E-state index in [2.05, 4.69) is 17.0 Å². The van der Waals surface area contributed by atoms with Crippen molar-refractivity contribution in [1.29, 1.82) is 0 Å². The zero-order chi connectivity index (χ0) is 11.4. The Morgan fingerprint density at radius 2 is 2.00 bits per heavy atom. The number of alkyl halides is 1. The molecule has 0 amide bonds. The lowest BCUT2D eigenvalue weighted by Gasteiger charge is -2.29. The molecule has 0 bridgehead atoms. The zero-order valence-corrected chi connectivity index (χ0v) is 10.8. The average Bonchev–Trinajstić information content (AvgIpc) is 2.28. The van der Waals surface area contributed by atoms with Gasteiger partial charge in [-0.3, -0.25) is 0 Å². The van der Waals surface area contributed by atoms with Crippen LogP contribution >= 0.6 is 23.2 Å². The summed E-state index contributed by atoms with van der Waals surface area (Å²) in [5.74, 6) is 0. The van der Waals surface area contributed by atoms with Crippen molar-refractivity contribution in [2.24, 2.45) is 0 Å². The highest BCUT2D eigenvalue weighted by atomic mass is 35.5. The summed E-state index contributed by atoms with van der Waals surface area (Å²) < 4.78 is 0. The Labute approximate surface area is 107 Å². The van der Waals surface area contributed by atoms with Gasteiger partial charge < -0.3 is 4.90 Å². The molecule has 1 aromatic rings. The molecule has 1 nitrogen and oxygen atoms in total. The lowest BCUT2D eigenvalue weighted by molar-refractivity contribution is 0.235. The van der Waals surface area contributed by atoms with Crippen molar-refractivity contribution in [2.75, 3.05) is 19.6 Å². The van der Waals surface area contributed by atoms with E-state index < -0.39 is 0 Å². The Balaban J connectivity index is 1.80. The quantitative estimate of drug-likeness (QED) is 0.749. The minimum Gasteiger partial charge on any atom is -0.302 e. The molecule has 1 heterocycles. The molecule has 0 N–H and O–H groups in total. The summed E-state index contributed by atoms with van der Waals surface area (Å²) in [6.07, 6.45) is 3.48. The molecule has 0 radical (unpaired) electrons. The molecule has 1 saturated heterocycles. The molecule has 3 heteroatoms. The number of rotatable bonds is 3. The summed E-state index contributed by atoms with van der Waals surface area (Å²) in [7, 11) is 0. The average molecular weight is 258 g/mol. The van der Waals surface area contributed by atoms with E-state index in [0.29, 0.717) is 5.38 Å². The van der Waals surface area contributed by atoms with Crippen molar-refractivity contribution in [3.63, 3.8) is 0 Å². The smallest absolute Gasteiger partial charge is 0.0463 e. The third kappa shape index (κ3) is 3.65. The van der Waals surface area contributed by atoms with Crippen molar-refractivity contribution in [3.05, 3.63) is 34.9 Å². The first-order chi connectivity index (χ1) is 7.74. The lowest BCUT2D eigenvalue weighted by atomic mass is 10.1. The van der Waals surface area contributed by atoms with Crippen LogP contribution in [-0.2, 0) is 6.42 Å².